The van der Waals surface area contributed by atoms with E-state index in [-0.39, 0.29) is 18.1 Å². The van der Waals surface area contributed by atoms with Crippen LogP contribution in [0.3, 0.4) is 0 Å². The van der Waals surface area contributed by atoms with Crippen molar-refractivity contribution in [2.45, 2.75) is 13.1 Å². The van der Waals surface area contributed by atoms with Crippen LogP contribution in [0.1, 0.15) is 5.69 Å². The number of amides is 1. The van der Waals surface area contributed by atoms with E-state index in [9.17, 15) is 9.18 Å². The topological polar surface area (TPSA) is 79.2 Å². The summed E-state index contributed by atoms with van der Waals surface area (Å²) in [6.45, 7) is 4.11. The van der Waals surface area contributed by atoms with Crippen molar-refractivity contribution in [3.63, 3.8) is 0 Å². The second kappa shape index (κ2) is 9.74. The van der Waals surface area contributed by atoms with Gasteiger partial charge in [0.05, 0.1) is 23.1 Å². The molecule has 0 radical (unpaired) electrons. The highest BCUT2D eigenvalue weighted by molar-refractivity contribution is 6.31. The first-order valence-electron chi connectivity index (χ1n) is 11.0. The molecule has 2 aromatic heterocycles. The molecule has 1 aliphatic heterocycles. The van der Waals surface area contributed by atoms with Crippen LogP contribution in [-0.4, -0.2) is 57.0 Å². The Labute approximate surface area is 200 Å². The molecule has 1 fully saturated rings. The van der Waals surface area contributed by atoms with E-state index in [1.807, 2.05) is 30.5 Å². The summed E-state index contributed by atoms with van der Waals surface area (Å²) in [4.78, 5) is 21.3. The number of nitrogens with one attached hydrogen (secondary N) is 1. The van der Waals surface area contributed by atoms with Crippen molar-refractivity contribution in [3.8, 4) is 0 Å². The molecule has 2 aromatic carbocycles. The second-order valence-electron chi connectivity index (χ2n) is 8.19. The zero-order chi connectivity index (χ0) is 23.5. The third-order valence-electron chi connectivity index (χ3n) is 5.82. The molecule has 1 saturated heterocycles. The minimum absolute atomic E-state index is 0.0335. The number of halogens is 2. The predicted octanol–water partition coefficient (Wildman–Crippen LogP) is 3.58. The number of carbonyl (C=O) groups excluding carboxylic acids is 1. The number of hydrogen-bond donors (Lipinski definition) is 1. The number of nitrogens with zero attached hydrogens (tertiary/aromatic N) is 6. The Morgan fingerprint density at radius 1 is 1.09 bits per heavy atom. The summed E-state index contributed by atoms with van der Waals surface area (Å²) in [7, 11) is 0. The number of pyridine rings is 1. The van der Waals surface area contributed by atoms with Gasteiger partial charge in [-0.15, -0.1) is 5.10 Å². The lowest BCUT2D eigenvalue weighted by Crippen LogP contribution is -2.46. The number of anilines is 2. The van der Waals surface area contributed by atoms with Crippen LogP contribution in [0, 0.1) is 5.82 Å². The quantitative estimate of drug-likeness (QED) is 0.455. The summed E-state index contributed by atoms with van der Waals surface area (Å²) in [5, 5.41) is 12.6. The molecule has 174 valence electrons. The van der Waals surface area contributed by atoms with E-state index in [1.165, 1.54) is 16.8 Å². The molecule has 34 heavy (non-hydrogen) atoms. The standard InChI is InChI=1S/C24H23ClFN7O/c25-17-5-6-19-22(13-17)27-8-7-23(19)32-11-9-31(10-12-32)14-18-15-33(30-29-18)16-24(34)28-21-4-2-1-3-20(21)26/h1-8,13,15H,9-12,14,16H2,(H,28,34). The van der Waals surface area contributed by atoms with Crippen LogP contribution in [0.15, 0.2) is 60.9 Å². The molecule has 4 aromatic rings. The van der Waals surface area contributed by atoms with E-state index in [4.69, 9.17) is 11.6 Å². The molecule has 0 spiro atoms. The Morgan fingerprint density at radius 3 is 2.74 bits per heavy atom. The van der Waals surface area contributed by atoms with Crippen molar-refractivity contribution >= 4 is 39.8 Å². The molecule has 1 aliphatic rings. The normalized spacial score (nSPS) is 14.5. The highest BCUT2D eigenvalue weighted by atomic mass is 35.5. The smallest absolute Gasteiger partial charge is 0.246 e. The molecule has 0 aliphatic carbocycles. The lowest BCUT2D eigenvalue weighted by atomic mass is 10.1. The van der Waals surface area contributed by atoms with Gasteiger partial charge in [-0.2, -0.15) is 0 Å². The van der Waals surface area contributed by atoms with E-state index in [0.29, 0.717) is 11.6 Å². The van der Waals surface area contributed by atoms with Gasteiger partial charge in [-0.3, -0.25) is 14.7 Å². The van der Waals surface area contributed by atoms with E-state index in [2.05, 4.69) is 30.4 Å². The fraction of sp³-hybridized carbons (Fsp3) is 0.250. The maximum atomic E-state index is 13.7. The molecule has 0 bridgehead atoms. The zero-order valence-electron chi connectivity index (χ0n) is 18.4. The van der Waals surface area contributed by atoms with Crippen molar-refractivity contribution in [3.05, 3.63) is 77.5 Å². The number of benzene rings is 2. The Morgan fingerprint density at radius 2 is 1.91 bits per heavy atom. The summed E-state index contributed by atoms with van der Waals surface area (Å²) >= 11 is 6.11. The number of fused-ring (bicyclic) bond motifs is 1. The molecule has 1 amide bonds. The number of carbonyl (C=O) groups is 1. The number of piperazine rings is 1. The number of hydrogen-bond acceptors (Lipinski definition) is 6. The first-order valence-corrected chi connectivity index (χ1v) is 11.4. The average Bonchev–Trinajstić information content (AvgIpc) is 3.27. The SMILES string of the molecule is O=C(Cn1cc(CN2CCN(c3ccnc4cc(Cl)ccc34)CC2)nn1)Nc1ccccc1F. The Hall–Kier alpha value is -3.56. The largest absolute Gasteiger partial charge is 0.368 e. The van der Waals surface area contributed by atoms with Crippen molar-refractivity contribution in [1.82, 2.24) is 24.9 Å². The summed E-state index contributed by atoms with van der Waals surface area (Å²) in [6.07, 6.45) is 3.58. The minimum atomic E-state index is -0.474. The molecular formula is C24H23ClFN7O. The number of rotatable bonds is 6. The maximum absolute atomic E-state index is 13.7. The van der Waals surface area contributed by atoms with Gasteiger partial charge >= 0.3 is 0 Å². The van der Waals surface area contributed by atoms with Gasteiger partial charge in [0.2, 0.25) is 5.91 Å². The highest BCUT2D eigenvalue weighted by Crippen LogP contribution is 2.28. The first-order chi connectivity index (χ1) is 16.5. The van der Waals surface area contributed by atoms with Gasteiger partial charge in [0.15, 0.2) is 0 Å². The van der Waals surface area contributed by atoms with Crippen LogP contribution >= 0.6 is 11.6 Å². The van der Waals surface area contributed by atoms with Crippen molar-refractivity contribution < 1.29 is 9.18 Å². The number of aromatic nitrogens is 4. The lowest BCUT2D eigenvalue weighted by molar-refractivity contribution is -0.116. The summed E-state index contributed by atoms with van der Waals surface area (Å²) in [5.41, 5.74) is 2.99. The fourth-order valence-electron chi connectivity index (χ4n) is 4.15. The molecule has 3 heterocycles. The van der Waals surface area contributed by atoms with Crippen LogP contribution in [-0.2, 0) is 17.9 Å². The van der Waals surface area contributed by atoms with Gasteiger partial charge < -0.3 is 10.2 Å². The summed E-state index contributed by atoms with van der Waals surface area (Å²) < 4.78 is 15.2. The van der Waals surface area contributed by atoms with Crippen LogP contribution in [0.4, 0.5) is 15.8 Å². The maximum Gasteiger partial charge on any atom is 0.246 e. The van der Waals surface area contributed by atoms with Crippen molar-refractivity contribution in [2.75, 3.05) is 36.4 Å². The predicted molar refractivity (Wildman–Crippen MR) is 129 cm³/mol. The van der Waals surface area contributed by atoms with Crippen LogP contribution in [0.5, 0.6) is 0 Å². The molecule has 0 saturated carbocycles. The third-order valence-corrected chi connectivity index (χ3v) is 6.06. The molecule has 5 rings (SSSR count). The minimum Gasteiger partial charge on any atom is -0.368 e. The van der Waals surface area contributed by atoms with Crippen LogP contribution in [0.25, 0.3) is 10.9 Å². The fourth-order valence-corrected chi connectivity index (χ4v) is 4.31. The van der Waals surface area contributed by atoms with Gasteiger partial charge in [-0.1, -0.05) is 28.9 Å². The van der Waals surface area contributed by atoms with Gasteiger partial charge in [-0.25, -0.2) is 9.07 Å². The summed E-state index contributed by atoms with van der Waals surface area (Å²) in [6, 6.07) is 13.9. The average molecular weight is 480 g/mol. The van der Waals surface area contributed by atoms with E-state index < -0.39 is 5.82 Å². The third kappa shape index (κ3) is 5.00. The van der Waals surface area contributed by atoms with Crippen molar-refractivity contribution in [1.29, 1.82) is 0 Å². The summed E-state index contributed by atoms with van der Waals surface area (Å²) in [5.74, 6) is -0.834. The number of para-hydroxylation sites is 1. The molecule has 0 unspecified atom stereocenters. The van der Waals surface area contributed by atoms with Crippen molar-refractivity contribution in [2.24, 2.45) is 0 Å². The Balaban J connectivity index is 1.15. The lowest BCUT2D eigenvalue weighted by Gasteiger charge is -2.36. The zero-order valence-corrected chi connectivity index (χ0v) is 19.1. The van der Waals surface area contributed by atoms with Gasteiger partial charge in [0, 0.05) is 55.0 Å². The monoisotopic (exact) mass is 479 g/mol. The molecule has 1 N–H and O–H groups in total. The van der Waals surface area contributed by atoms with Crippen LogP contribution in [0.2, 0.25) is 5.02 Å². The first kappa shape index (κ1) is 22.2. The Kier molecular flexibility index (Phi) is 6.37. The highest BCUT2D eigenvalue weighted by Gasteiger charge is 2.20. The Bertz CT molecular complexity index is 1320. The van der Waals surface area contributed by atoms with Gasteiger partial charge in [0.1, 0.15) is 12.4 Å². The molecular weight excluding hydrogens is 457 g/mol. The molecule has 0 atom stereocenters. The van der Waals surface area contributed by atoms with E-state index in [0.717, 1.165) is 48.5 Å². The van der Waals surface area contributed by atoms with Crippen LogP contribution < -0.4 is 10.2 Å². The van der Waals surface area contributed by atoms with Gasteiger partial charge in [0.25, 0.3) is 0 Å². The molecule has 8 nitrogen and oxygen atoms in total. The van der Waals surface area contributed by atoms with Gasteiger partial charge in [-0.05, 0) is 36.4 Å². The molecule has 10 heteroatoms. The van der Waals surface area contributed by atoms with E-state index in [1.54, 1.807) is 18.3 Å². The van der Waals surface area contributed by atoms with E-state index >= 15 is 0 Å². The second-order valence-corrected chi connectivity index (χ2v) is 8.63.